The number of aromatic nitrogens is 1. The van der Waals surface area contributed by atoms with Gasteiger partial charge in [-0.1, -0.05) is 12.1 Å². The molecule has 1 saturated heterocycles. The van der Waals surface area contributed by atoms with E-state index < -0.39 is 29.4 Å². The van der Waals surface area contributed by atoms with Gasteiger partial charge in [0.05, 0.1) is 42.5 Å². The first kappa shape index (κ1) is 38.7. The van der Waals surface area contributed by atoms with E-state index in [1.165, 1.54) is 44.7 Å². The smallest absolute Gasteiger partial charge is 0.416 e. The van der Waals surface area contributed by atoms with Gasteiger partial charge in [-0.05, 0) is 86.3 Å². The first-order chi connectivity index (χ1) is 19.6. The number of hydrogen-bond acceptors (Lipinski definition) is 6. The molecular formula is C30H32Cl2F6N2O4. The zero-order valence-corrected chi connectivity index (χ0v) is 25.8. The summed E-state index contributed by atoms with van der Waals surface area (Å²) in [5.74, 6) is -0.989. The predicted octanol–water partition coefficient (Wildman–Crippen LogP) is 7.93. The lowest BCUT2D eigenvalue weighted by Gasteiger charge is -2.30. The zero-order chi connectivity index (χ0) is 31.2. The highest BCUT2D eigenvalue weighted by Crippen LogP contribution is 2.35. The van der Waals surface area contributed by atoms with Gasteiger partial charge in [-0.15, -0.1) is 24.8 Å². The van der Waals surface area contributed by atoms with Crippen LogP contribution in [0.4, 0.5) is 26.3 Å². The minimum atomic E-state index is -4.38. The van der Waals surface area contributed by atoms with Crippen molar-refractivity contribution in [2.75, 3.05) is 20.8 Å². The lowest BCUT2D eigenvalue weighted by atomic mass is 9.86. The van der Waals surface area contributed by atoms with Crippen molar-refractivity contribution in [3.05, 3.63) is 88.1 Å². The molecule has 4 rings (SSSR count). The van der Waals surface area contributed by atoms with E-state index in [-0.39, 0.29) is 42.7 Å². The quantitative estimate of drug-likeness (QED) is 0.225. The van der Waals surface area contributed by atoms with Crippen LogP contribution in [0.25, 0.3) is 11.3 Å². The molecule has 0 spiro atoms. The number of alkyl halides is 6. The van der Waals surface area contributed by atoms with Crippen molar-refractivity contribution in [2.24, 2.45) is 5.92 Å². The lowest BCUT2D eigenvalue weighted by molar-refractivity contribution is -0.146. The molecule has 14 heteroatoms. The van der Waals surface area contributed by atoms with E-state index in [4.69, 9.17) is 4.74 Å². The summed E-state index contributed by atoms with van der Waals surface area (Å²) < 4.78 is 85.3. The Hall–Kier alpha value is -3.35. The molecule has 0 saturated carbocycles. The summed E-state index contributed by atoms with van der Waals surface area (Å²) in [6.07, 6.45) is -6.08. The minimum Gasteiger partial charge on any atom is -0.469 e. The minimum absolute atomic E-state index is 0. The van der Waals surface area contributed by atoms with Crippen LogP contribution in [-0.2, 0) is 26.6 Å². The van der Waals surface area contributed by atoms with Crippen LogP contribution in [0, 0.1) is 19.8 Å². The molecule has 2 atom stereocenters. The molecule has 44 heavy (non-hydrogen) atoms. The second-order valence-electron chi connectivity index (χ2n) is 9.77. The maximum atomic E-state index is 12.7. The summed E-state index contributed by atoms with van der Waals surface area (Å²) in [6, 6.07) is 9.99. The second-order valence-corrected chi connectivity index (χ2v) is 9.77. The maximum absolute atomic E-state index is 12.7. The molecule has 2 unspecified atom stereocenters. The van der Waals surface area contributed by atoms with E-state index in [0.717, 1.165) is 29.8 Å². The number of aryl methyl sites for hydroxylation is 2. The van der Waals surface area contributed by atoms with E-state index in [2.05, 4.69) is 15.0 Å². The third-order valence-electron chi connectivity index (χ3n) is 6.92. The van der Waals surface area contributed by atoms with Crippen LogP contribution in [-0.4, -0.2) is 37.7 Å². The summed E-state index contributed by atoms with van der Waals surface area (Å²) in [7, 11) is 2.61. The first-order valence-corrected chi connectivity index (χ1v) is 12.9. The largest absolute Gasteiger partial charge is 0.469 e. The van der Waals surface area contributed by atoms with Gasteiger partial charge in [0.1, 0.15) is 0 Å². The number of hydrogen-bond donors (Lipinski definition) is 1. The molecule has 1 aliphatic rings. The molecule has 3 aromatic rings. The van der Waals surface area contributed by atoms with E-state index in [0.29, 0.717) is 47.3 Å². The number of benzene rings is 2. The number of carbonyl (C=O) groups is 2. The van der Waals surface area contributed by atoms with Gasteiger partial charge in [-0.25, -0.2) is 4.79 Å². The van der Waals surface area contributed by atoms with Crippen molar-refractivity contribution < 1.29 is 45.4 Å². The van der Waals surface area contributed by atoms with E-state index in [1.807, 2.05) is 0 Å². The Labute approximate surface area is 263 Å². The number of halogens is 8. The van der Waals surface area contributed by atoms with Crippen LogP contribution >= 0.6 is 24.8 Å². The number of esters is 2. The Morgan fingerprint density at radius 3 is 1.95 bits per heavy atom. The van der Waals surface area contributed by atoms with Gasteiger partial charge in [0.15, 0.2) is 0 Å². The highest BCUT2D eigenvalue weighted by molar-refractivity contribution is 5.90. The monoisotopic (exact) mass is 668 g/mol. The number of nitrogens with zero attached hydrogens (tertiary/aromatic N) is 1. The van der Waals surface area contributed by atoms with Crippen LogP contribution in [0.5, 0.6) is 0 Å². The molecule has 1 fully saturated rings. The Bertz CT molecular complexity index is 1430. The number of piperidine rings is 1. The number of pyridine rings is 1. The molecule has 0 radical (unpaired) electrons. The Morgan fingerprint density at radius 2 is 1.43 bits per heavy atom. The molecule has 1 aromatic heterocycles. The summed E-state index contributed by atoms with van der Waals surface area (Å²) in [5, 5.41) is 3.25. The highest BCUT2D eigenvalue weighted by atomic mass is 35.5. The van der Waals surface area contributed by atoms with Crippen LogP contribution in [0.3, 0.4) is 0 Å². The van der Waals surface area contributed by atoms with Crippen molar-refractivity contribution in [1.29, 1.82) is 0 Å². The van der Waals surface area contributed by atoms with Gasteiger partial charge in [0, 0.05) is 17.8 Å². The van der Waals surface area contributed by atoms with Crippen molar-refractivity contribution >= 4 is 36.8 Å². The highest BCUT2D eigenvalue weighted by Gasteiger charge is 2.33. The van der Waals surface area contributed by atoms with Crippen LogP contribution in [0.1, 0.15) is 57.1 Å². The normalized spacial score (nSPS) is 16.3. The molecular weight excluding hydrogens is 637 g/mol. The average molecular weight is 669 g/mol. The third kappa shape index (κ3) is 9.83. The molecule has 6 nitrogen and oxygen atoms in total. The van der Waals surface area contributed by atoms with Gasteiger partial charge in [-0.3, -0.25) is 9.78 Å². The van der Waals surface area contributed by atoms with E-state index in [1.54, 1.807) is 13.8 Å². The Morgan fingerprint density at radius 1 is 0.841 bits per heavy atom. The lowest BCUT2D eigenvalue weighted by Crippen LogP contribution is -2.35. The fourth-order valence-corrected chi connectivity index (χ4v) is 4.73. The number of rotatable bonds is 4. The third-order valence-corrected chi connectivity index (χ3v) is 6.92. The number of ether oxygens (including phenoxy) is 2. The summed E-state index contributed by atoms with van der Waals surface area (Å²) >= 11 is 0. The molecule has 0 amide bonds. The molecule has 0 bridgehead atoms. The van der Waals surface area contributed by atoms with Gasteiger partial charge in [0.25, 0.3) is 0 Å². The molecule has 242 valence electrons. The number of nitrogens with one attached hydrogen (secondary N) is 1. The summed E-state index contributed by atoms with van der Waals surface area (Å²) in [5.41, 5.74) is 1.69. The SMILES string of the molecule is COC(=O)C1CCNC(c2ccc(C(F)(F)F)cc2C)C1.COC(=O)c1ccnc(-c2ccc(C(F)(F)F)cc2C)c1.Cl.Cl. The van der Waals surface area contributed by atoms with Crippen LogP contribution in [0.2, 0.25) is 0 Å². The van der Waals surface area contributed by atoms with Gasteiger partial charge < -0.3 is 14.8 Å². The Balaban J connectivity index is 0.000000421. The summed E-state index contributed by atoms with van der Waals surface area (Å²) in [6.45, 7) is 3.87. The van der Waals surface area contributed by atoms with Crippen LogP contribution in [0.15, 0.2) is 54.7 Å². The van der Waals surface area contributed by atoms with E-state index in [9.17, 15) is 35.9 Å². The van der Waals surface area contributed by atoms with Crippen molar-refractivity contribution in [3.63, 3.8) is 0 Å². The maximum Gasteiger partial charge on any atom is 0.416 e. The molecule has 2 aromatic carbocycles. The Kier molecular flexibility index (Phi) is 14.2. The predicted molar refractivity (Wildman–Crippen MR) is 157 cm³/mol. The number of carbonyl (C=O) groups excluding carboxylic acids is 2. The van der Waals surface area contributed by atoms with Crippen molar-refractivity contribution in [1.82, 2.24) is 10.3 Å². The average Bonchev–Trinajstić information content (AvgIpc) is 2.95. The first-order valence-electron chi connectivity index (χ1n) is 12.9. The van der Waals surface area contributed by atoms with Crippen molar-refractivity contribution in [2.45, 2.75) is 45.1 Å². The number of methoxy groups -OCH3 is 2. The molecule has 0 aliphatic carbocycles. The van der Waals surface area contributed by atoms with Gasteiger partial charge in [0.2, 0.25) is 0 Å². The summed E-state index contributed by atoms with van der Waals surface area (Å²) in [4.78, 5) is 27.2. The molecule has 1 aliphatic heterocycles. The van der Waals surface area contributed by atoms with Gasteiger partial charge >= 0.3 is 24.3 Å². The van der Waals surface area contributed by atoms with E-state index >= 15 is 0 Å². The fourth-order valence-electron chi connectivity index (χ4n) is 4.73. The molecule has 2 heterocycles. The van der Waals surface area contributed by atoms with Gasteiger partial charge in [-0.2, -0.15) is 26.3 Å². The second kappa shape index (κ2) is 16.1. The topological polar surface area (TPSA) is 77.5 Å². The van der Waals surface area contributed by atoms with Crippen molar-refractivity contribution in [3.8, 4) is 11.3 Å². The fraction of sp³-hybridized carbons (Fsp3) is 0.367. The molecule has 1 N–H and O–H groups in total. The standard InChI is InChI=1S/C15H18F3NO2.C15H12F3NO2.2ClH/c2*1-9-7-11(15(16,17)18)3-4-12(9)13-8-10(5-6-19-13)14(20)21-2;;/h3-4,7,10,13,19H,5-6,8H2,1-2H3;3-8H,1-2H3;2*1H. The zero-order valence-electron chi connectivity index (χ0n) is 24.1. The van der Waals surface area contributed by atoms with Crippen LogP contribution < -0.4 is 5.32 Å².